The van der Waals surface area contributed by atoms with Crippen LogP contribution in [0.3, 0.4) is 0 Å². The number of nitriles is 1. The molecule has 0 saturated carbocycles. The molecule has 1 fully saturated rings. The lowest BCUT2D eigenvalue weighted by atomic mass is 9.99. The van der Waals surface area contributed by atoms with Crippen molar-refractivity contribution in [1.29, 1.82) is 5.26 Å². The molecule has 0 aliphatic carbocycles. The molecule has 0 unspecified atom stereocenters. The van der Waals surface area contributed by atoms with Gasteiger partial charge in [0.25, 0.3) is 0 Å². The number of hydrogen-bond acceptors (Lipinski definition) is 11. The molecule has 0 N–H and O–H groups in total. The second kappa shape index (κ2) is 11.5. The van der Waals surface area contributed by atoms with Gasteiger partial charge in [-0.2, -0.15) is 5.26 Å². The molecule has 1 saturated heterocycles. The Kier molecular flexibility index (Phi) is 9.70. The minimum atomic E-state index is -1.85. The van der Waals surface area contributed by atoms with Gasteiger partial charge in [0.15, 0.2) is 23.7 Å². The molecule has 0 radical (unpaired) electrons. The lowest BCUT2D eigenvalue weighted by molar-refractivity contribution is -0.238. The van der Waals surface area contributed by atoms with E-state index >= 15 is 0 Å². The maximum atomic E-state index is 12.7. The summed E-state index contributed by atoms with van der Waals surface area (Å²) in [5.74, 6) is -3.07. The summed E-state index contributed by atoms with van der Waals surface area (Å²) in [4.78, 5) is 46.0. The van der Waals surface area contributed by atoms with Crippen molar-refractivity contribution in [3.05, 3.63) is 0 Å². The third-order valence-electron chi connectivity index (χ3n) is 3.62. The lowest BCUT2D eigenvalue weighted by Gasteiger charge is -2.43. The van der Waals surface area contributed by atoms with E-state index in [9.17, 15) is 23.4 Å². The molecule has 12 heteroatoms. The van der Waals surface area contributed by atoms with Crippen LogP contribution in [0.5, 0.6) is 0 Å². The zero-order chi connectivity index (χ0) is 22.1. The molecule has 162 valence electrons. The number of nitrogens with zero attached hydrogens (tertiary/aromatic N) is 1. The Hall–Kier alpha value is -2.52. The van der Waals surface area contributed by atoms with Gasteiger partial charge >= 0.3 is 23.9 Å². The van der Waals surface area contributed by atoms with Gasteiger partial charge in [-0.3, -0.25) is 23.4 Å². The smallest absolute Gasteiger partial charge is 0.303 e. The Balaban J connectivity index is 3.35. The summed E-state index contributed by atoms with van der Waals surface area (Å²) in [5, 5.41) is 8.74. The molecule has 0 amide bonds. The molecule has 29 heavy (non-hydrogen) atoms. The van der Waals surface area contributed by atoms with Gasteiger partial charge in [0, 0.05) is 39.9 Å². The van der Waals surface area contributed by atoms with E-state index < -0.39 is 71.1 Å². The topological polar surface area (TPSA) is 155 Å². The molecule has 1 heterocycles. The van der Waals surface area contributed by atoms with E-state index in [2.05, 4.69) is 0 Å². The first-order valence-electron chi connectivity index (χ1n) is 8.61. The van der Waals surface area contributed by atoms with Crippen LogP contribution in [0.25, 0.3) is 0 Å². The minimum Gasteiger partial charge on any atom is -0.463 e. The molecule has 11 nitrogen and oxygen atoms in total. The Bertz CT molecular complexity index is 703. The Morgan fingerprint density at radius 1 is 0.897 bits per heavy atom. The summed E-state index contributed by atoms with van der Waals surface area (Å²) in [6, 6.07) is 1.84. The molecule has 0 spiro atoms. The molecule has 1 rings (SSSR count). The van der Waals surface area contributed by atoms with E-state index in [-0.39, 0.29) is 12.2 Å². The number of esters is 4. The summed E-state index contributed by atoms with van der Waals surface area (Å²) in [6.07, 6.45) is -5.28. The van der Waals surface area contributed by atoms with Gasteiger partial charge in [0.05, 0.1) is 16.9 Å². The van der Waals surface area contributed by atoms with Gasteiger partial charge in [-0.1, -0.05) is 0 Å². The molecule has 1 aliphatic rings. The fraction of sp³-hybridized carbons (Fsp3) is 0.706. The van der Waals surface area contributed by atoms with Crippen molar-refractivity contribution in [1.82, 2.24) is 0 Å². The molecule has 0 aromatic rings. The fourth-order valence-corrected chi connectivity index (χ4v) is 3.96. The monoisotopic (exact) mass is 433 g/mol. The van der Waals surface area contributed by atoms with Crippen LogP contribution in [0.2, 0.25) is 0 Å². The first-order chi connectivity index (χ1) is 13.6. The van der Waals surface area contributed by atoms with E-state index in [0.29, 0.717) is 0 Å². The largest absolute Gasteiger partial charge is 0.463 e. The summed E-state index contributed by atoms with van der Waals surface area (Å²) in [5.41, 5.74) is -1.32. The zero-order valence-corrected chi connectivity index (χ0v) is 17.3. The van der Waals surface area contributed by atoms with Crippen molar-refractivity contribution < 1.29 is 47.1 Å². The van der Waals surface area contributed by atoms with Gasteiger partial charge < -0.3 is 23.7 Å². The summed E-state index contributed by atoms with van der Waals surface area (Å²) in [7, 11) is -1.85. The summed E-state index contributed by atoms with van der Waals surface area (Å²) < 4.78 is 38.9. The van der Waals surface area contributed by atoms with Crippen molar-refractivity contribution in [3.8, 4) is 6.07 Å². The molecular formula is C17H23NO10S. The first-order valence-corrected chi connectivity index (χ1v) is 9.99. The van der Waals surface area contributed by atoms with Crippen molar-refractivity contribution >= 4 is 34.7 Å². The van der Waals surface area contributed by atoms with Crippen molar-refractivity contribution in [3.63, 3.8) is 0 Å². The summed E-state index contributed by atoms with van der Waals surface area (Å²) in [6.45, 7) is 4.03. The van der Waals surface area contributed by atoms with Gasteiger partial charge in [-0.15, -0.1) is 0 Å². The number of ether oxygens (including phenoxy) is 5. The Morgan fingerprint density at radius 3 is 1.90 bits per heavy atom. The van der Waals surface area contributed by atoms with Crippen molar-refractivity contribution in [2.75, 3.05) is 12.4 Å². The van der Waals surface area contributed by atoms with E-state index in [0.717, 1.165) is 27.7 Å². The molecule has 0 aromatic heterocycles. The average Bonchev–Trinajstić information content (AvgIpc) is 2.60. The van der Waals surface area contributed by atoms with E-state index in [1.54, 1.807) is 0 Å². The van der Waals surface area contributed by atoms with Crippen LogP contribution in [-0.4, -0.2) is 70.3 Å². The van der Waals surface area contributed by atoms with Crippen LogP contribution in [0, 0.1) is 11.3 Å². The minimum absolute atomic E-state index is 0.0700. The van der Waals surface area contributed by atoms with E-state index in [4.69, 9.17) is 28.9 Å². The number of rotatable bonds is 8. The molecular weight excluding hydrogens is 410 g/mol. The molecule has 1 aliphatic heterocycles. The highest BCUT2D eigenvalue weighted by atomic mass is 32.2. The van der Waals surface area contributed by atoms with Crippen molar-refractivity contribution in [2.45, 2.75) is 64.0 Å². The van der Waals surface area contributed by atoms with Crippen molar-refractivity contribution in [2.24, 2.45) is 0 Å². The van der Waals surface area contributed by atoms with Crippen LogP contribution in [0.4, 0.5) is 0 Å². The second-order valence-corrected chi connectivity index (χ2v) is 7.69. The highest BCUT2D eigenvalue weighted by Crippen LogP contribution is 2.31. The van der Waals surface area contributed by atoms with E-state index in [1.165, 1.54) is 0 Å². The average molecular weight is 433 g/mol. The van der Waals surface area contributed by atoms with Crippen LogP contribution < -0.4 is 0 Å². The lowest BCUT2D eigenvalue weighted by Crippen LogP contribution is -2.63. The van der Waals surface area contributed by atoms with Crippen LogP contribution in [0.15, 0.2) is 0 Å². The van der Waals surface area contributed by atoms with Gasteiger partial charge in [-0.25, -0.2) is 0 Å². The Morgan fingerprint density at radius 2 is 1.41 bits per heavy atom. The standard InChI is InChI=1S/C17H23NO10S/c1-9(19)24-8-13-14(25-10(2)20)15(26-11(3)21)16(27-12(4)22)17(28-13)29(23)7-5-6-18/h13-17H,5,7-8H2,1-4H3/t13-,14-,15+,16-,17-,29-/m1/s1. The Labute approximate surface area is 170 Å². The highest BCUT2D eigenvalue weighted by molar-refractivity contribution is 7.85. The SMILES string of the molecule is CC(=O)OC[C@H]1O[C@H]([S@](=O)CCC#N)[C@H](OC(C)=O)[C@@H](OC(C)=O)[C@@H]1OC(C)=O. The maximum Gasteiger partial charge on any atom is 0.303 e. The third-order valence-corrected chi connectivity index (χ3v) is 5.13. The second-order valence-electron chi connectivity index (χ2n) is 6.06. The van der Waals surface area contributed by atoms with Crippen LogP contribution >= 0.6 is 0 Å². The van der Waals surface area contributed by atoms with Gasteiger partial charge in [-0.05, 0) is 0 Å². The maximum absolute atomic E-state index is 12.7. The molecule has 0 aromatic carbocycles. The quantitative estimate of drug-likeness (QED) is 0.367. The van der Waals surface area contributed by atoms with E-state index in [1.807, 2.05) is 6.07 Å². The van der Waals surface area contributed by atoms with Gasteiger partial charge in [0.2, 0.25) is 0 Å². The zero-order valence-electron chi connectivity index (χ0n) is 16.4. The van der Waals surface area contributed by atoms with Gasteiger partial charge in [0.1, 0.15) is 12.7 Å². The predicted octanol–water partition coefficient (Wildman–Crippen LogP) is -0.268. The highest BCUT2D eigenvalue weighted by Gasteiger charge is 2.53. The fourth-order valence-electron chi connectivity index (χ4n) is 2.66. The van der Waals surface area contributed by atoms with Crippen LogP contribution in [0.1, 0.15) is 34.1 Å². The first kappa shape index (κ1) is 24.5. The number of hydrogen-bond donors (Lipinski definition) is 0. The van der Waals surface area contributed by atoms with Crippen LogP contribution in [-0.2, 0) is 53.7 Å². The molecule has 0 bridgehead atoms. The number of carbonyl (C=O) groups is 4. The molecule has 6 atom stereocenters. The third kappa shape index (κ3) is 7.78. The summed E-state index contributed by atoms with van der Waals surface area (Å²) >= 11 is 0. The normalized spacial score (nSPS) is 27.1. The predicted molar refractivity (Wildman–Crippen MR) is 95.2 cm³/mol. The number of carbonyl (C=O) groups excluding carboxylic acids is 4.